The summed E-state index contributed by atoms with van der Waals surface area (Å²) in [7, 11) is -0.830. The average molecular weight is 1760 g/mol. The van der Waals surface area contributed by atoms with Crippen LogP contribution >= 0.6 is 17.0 Å². The van der Waals surface area contributed by atoms with Gasteiger partial charge in [0.05, 0.1) is 24.4 Å². The first-order chi connectivity index (χ1) is 53.6. The van der Waals surface area contributed by atoms with E-state index < -0.39 is 71.7 Å². The van der Waals surface area contributed by atoms with Gasteiger partial charge in [-0.25, -0.2) is 0 Å². The molecule has 8 aromatic rings. The summed E-state index contributed by atoms with van der Waals surface area (Å²) in [6.07, 6.45) is 37.4. The van der Waals surface area contributed by atoms with Gasteiger partial charge in [-0.05, 0) is 168 Å². The molecular weight excluding hydrogens is 1620 g/mol. The van der Waals surface area contributed by atoms with Gasteiger partial charge in [-0.15, -0.1) is 91.6 Å². The van der Waals surface area contributed by atoms with Crippen molar-refractivity contribution in [2.24, 2.45) is 0 Å². The van der Waals surface area contributed by atoms with Crippen molar-refractivity contribution in [3.05, 3.63) is 306 Å². The van der Waals surface area contributed by atoms with Crippen LogP contribution in [-0.4, -0.2) is 50.9 Å². The second kappa shape index (κ2) is 36.6. The summed E-state index contributed by atoms with van der Waals surface area (Å²) in [5, 5.41) is 7.06. The van der Waals surface area contributed by atoms with E-state index >= 15 is 0 Å². The van der Waals surface area contributed by atoms with Gasteiger partial charge in [-0.2, -0.15) is 68.8 Å². The third kappa shape index (κ3) is 20.4. The van der Waals surface area contributed by atoms with Crippen molar-refractivity contribution in [3.8, 4) is 0 Å². The Hall–Kier alpha value is -5.20. The quantitative estimate of drug-likeness (QED) is 0.0563. The monoisotopic (exact) mass is 1750 g/mol. The second-order valence-corrected chi connectivity index (χ2v) is 67.5. The van der Waals surface area contributed by atoms with Gasteiger partial charge < -0.3 is 17.7 Å². The minimum atomic E-state index is -1.87. The molecule has 4 aliphatic rings. The fraction of sp³-hybridized carbons (Fsp3) is 0.412. The van der Waals surface area contributed by atoms with Crippen LogP contribution in [0, 0.1) is 27.7 Å². The van der Waals surface area contributed by atoms with E-state index in [1.807, 2.05) is 0 Å². The van der Waals surface area contributed by atoms with Gasteiger partial charge in [0.25, 0.3) is 0 Å². The van der Waals surface area contributed by atoms with Gasteiger partial charge in [0, 0.05) is 17.6 Å². The Morgan fingerprint density at radius 2 is 0.478 bits per heavy atom. The summed E-state index contributed by atoms with van der Waals surface area (Å²) in [6, 6.07) is 47.0. The van der Waals surface area contributed by atoms with Gasteiger partial charge in [0.2, 0.25) is 0 Å². The van der Waals surface area contributed by atoms with Crippen molar-refractivity contribution in [2.45, 2.75) is 272 Å². The molecule has 0 radical (unpaired) electrons. The number of fused-ring (bicyclic) bond motifs is 4. The Morgan fingerprint density at radius 3 is 0.635 bits per heavy atom. The first kappa shape index (κ1) is 92.1. The second-order valence-electron chi connectivity index (χ2n) is 39.6. The predicted octanol–water partition coefficient (Wildman–Crippen LogP) is 28.0. The normalized spacial score (nSPS) is 18.6. The Bertz CT molecular complexity index is 4320. The van der Waals surface area contributed by atoms with E-state index in [9.17, 15) is 0 Å². The molecule has 115 heavy (non-hydrogen) atoms. The van der Waals surface area contributed by atoms with Crippen LogP contribution in [-0.2, 0) is 38.6 Å². The van der Waals surface area contributed by atoms with Crippen LogP contribution in [0.1, 0.15) is 270 Å². The van der Waals surface area contributed by atoms with Gasteiger partial charge >= 0.3 is 37.9 Å². The van der Waals surface area contributed by atoms with Crippen LogP contribution in [0.5, 0.6) is 0 Å². The van der Waals surface area contributed by atoms with Crippen molar-refractivity contribution in [3.63, 3.8) is 0 Å². The fourth-order valence-corrected chi connectivity index (χ4v) is 29.0. The average Bonchev–Trinajstić information content (AvgIpc) is 1.60. The molecule has 0 bridgehead atoms. The molecule has 8 unspecified atom stereocenters. The number of benzene rings is 4. The van der Waals surface area contributed by atoms with Crippen LogP contribution in [0.15, 0.2) is 194 Å². The van der Waals surface area contributed by atoms with E-state index in [0.717, 1.165) is 0 Å². The molecule has 0 heterocycles. The summed E-state index contributed by atoms with van der Waals surface area (Å²) in [4.78, 5) is 0. The van der Waals surface area contributed by atoms with Gasteiger partial charge in [0.15, 0.2) is 33.3 Å². The van der Waals surface area contributed by atoms with E-state index in [-0.39, 0.29) is 68.2 Å². The molecule has 12 rings (SSSR count). The van der Waals surface area contributed by atoms with E-state index in [1.165, 1.54) is 111 Å². The van der Waals surface area contributed by atoms with Gasteiger partial charge in [-0.3, -0.25) is 0 Å². The summed E-state index contributed by atoms with van der Waals surface area (Å²) < 4.78 is 27.1. The summed E-state index contributed by atoms with van der Waals surface area (Å²) >= 11 is -0.826. The first-order valence-electron chi connectivity index (χ1n) is 42.3. The Balaban J connectivity index is 0.000000235. The third-order valence-electron chi connectivity index (χ3n) is 27.5. The van der Waals surface area contributed by atoms with E-state index in [1.54, 1.807) is 20.7 Å². The van der Waals surface area contributed by atoms with Crippen LogP contribution < -0.4 is 20.7 Å². The number of aryl methyl sites for hydroxylation is 4. The Morgan fingerprint density at radius 1 is 0.313 bits per heavy atom. The van der Waals surface area contributed by atoms with Crippen molar-refractivity contribution in [1.82, 2.24) is 0 Å². The topological polar surface area (TPSA) is 36.9 Å². The third-order valence-corrected chi connectivity index (χ3v) is 52.3. The van der Waals surface area contributed by atoms with Crippen LogP contribution in [0.25, 0.3) is 24.3 Å². The molecule has 8 atom stereocenters. The molecule has 0 amide bonds. The van der Waals surface area contributed by atoms with Crippen molar-refractivity contribution in [1.29, 1.82) is 0 Å². The molecule has 0 aliphatic heterocycles. The molecule has 4 aliphatic carbocycles. The minimum absolute atomic E-state index is 0.0771. The number of hydrogen-bond acceptors (Lipinski definition) is 4. The molecule has 0 aromatic heterocycles. The van der Waals surface area contributed by atoms with Crippen molar-refractivity contribution >= 4 is 113 Å². The zero-order valence-electron chi connectivity index (χ0n) is 75.4. The molecule has 0 saturated heterocycles. The van der Waals surface area contributed by atoms with E-state index in [4.69, 9.17) is 34.7 Å². The fourth-order valence-electron chi connectivity index (χ4n) is 16.9. The van der Waals surface area contributed by atoms with Crippen LogP contribution in [0.4, 0.5) is 0 Å². The Labute approximate surface area is 722 Å². The molecule has 4 nitrogen and oxygen atoms in total. The molecule has 8 aromatic carbocycles. The zero-order valence-corrected chi connectivity index (χ0v) is 85.7. The Kier molecular flexibility index (Phi) is 29.3. The van der Waals surface area contributed by atoms with Crippen molar-refractivity contribution in [2.75, 3.05) is 0 Å². The van der Waals surface area contributed by atoms with E-state index in [0.29, 0.717) is 0 Å². The number of allylic oxidation sites excluding steroid dienone is 12. The van der Waals surface area contributed by atoms with Crippen molar-refractivity contribution < 1.29 is 38.6 Å². The number of halogens is 2. The molecule has 0 N–H and O–H groups in total. The molecule has 13 heteroatoms. The first-order valence-corrected chi connectivity index (χ1v) is 64.9. The zero-order chi connectivity index (χ0) is 84.6. The molecule has 614 valence electrons. The molecule has 0 fully saturated rings. The summed E-state index contributed by atoms with van der Waals surface area (Å²) in [5.41, 5.74) is 27.5. The maximum absolute atomic E-state index is 6.76. The standard InChI is InChI=1S/2C51H68O2Si3.2ClH.Zr/c2*1-34-32-46-42(40-28-24-38(25-29-40)36(3)52-55(12,13)50(5,6)7)20-16-18-22-44(46)48(34)54(11)49-35(2)33-47-43(21-17-19-23-45(47)49)41-30-26-39(27-31-41)37(4)53-56(14,15)51(8,9)10;;;/h2*16-33,36-37,42-43,54H,1-15H3;2*1H;/q2*-2;;;+2/p-2. The molecule has 0 saturated carbocycles. The predicted molar refractivity (Wildman–Crippen MR) is 516 cm³/mol. The van der Waals surface area contributed by atoms with Crippen LogP contribution in [0.2, 0.25) is 85.6 Å². The summed E-state index contributed by atoms with van der Waals surface area (Å²) in [6.45, 7) is 69.8. The maximum atomic E-state index is 6.76. The van der Waals surface area contributed by atoms with Gasteiger partial charge in [-0.1, -0.05) is 270 Å². The summed E-state index contributed by atoms with van der Waals surface area (Å²) in [5.74, 6) is 0.847. The number of rotatable bonds is 20. The van der Waals surface area contributed by atoms with Crippen LogP contribution in [0.3, 0.4) is 0 Å². The number of hydrogen-bond donors (Lipinski definition) is 0. The molecule has 0 spiro atoms. The van der Waals surface area contributed by atoms with Gasteiger partial charge in [0.1, 0.15) is 0 Å². The molecular formula is C102H136Cl2O4Si6Zr-4. The van der Waals surface area contributed by atoms with E-state index in [2.05, 4.69) is 422 Å². The SMILES string of the molecule is Cc1cc2c([c-]1[SiH](C)[c-]1c(C)cc3c1C=CC=CC3c1ccc(C(C)O[Si](C)(C)C(C)(C)C)cc1)C=CC=CC2c1ccc(C(C)O[Si](C)(C)C(C)(C)C)cc1.Cc1cc2c([c-]1[SiH](C)[c-]1c(C)cc3c1C=CC=CC3c1ccc(C(C)O[Si](C)(C)C(C)(C)C)cc1)C=CC=CC2c1ccc(C(C)O[Si](C)(C)C(C)(C)C)cc1.[Cl][Zr][Cl].